The maximum atomic E-state index is 4.44. The molecule has 0 amide bonds. The summed E-state index contributed by atoms with van der Waals surface area (Å²) in [6, 6.07) is 3.96. The lowest BCUT2D eigenvalue weighted by Crippen LogP contribution is -2.46. The van der Waals surface area contributed by atoms with E-state index in [0.29, 0.717) is 0 Å². The normalized spacial score (nSPS) is 15.7. The molecule has 3 aromatic heterocycles. The Morgan fingerprint density at radius 3 is 2.48 bits per heavy atom. The van der Waals surface area contributed by atoms with E-state index in [-0.39, 0.29) is 0 Å². The third-order valence-electron chi connectivity index (χ3n) is 4.46. The Kier molecular flexibility index (Phi) is 4.14. The van der Waals surface area contributed by atoms with E-state index in [9.17, 15) is 0 Å². The topological polar surface area (TPSA) is 80.8 Å². The van der Waals surface area contributed by atoms with Crippen molar-refractivity contribution in [1.29, 1.82) is 0 Å². The summed E-state index contributed by atoms with van der Waals surface area (Å²) >= 11 is 0. The highest BCUT2D eigenvalue weighted by Gasteiger charge is 2.20. The van der Waals surface area contributed by atoms with Crippen LogP contribution in [-0.4, -0.2) is 65.6 Å². The predicted octanol–water partition coefficient (Wildman–Crippen LogP) is 0.421. The van der Waals surface area contributed by atoms with Crippen molar-refractivity contribution in [2.45, 2.75) is 13.5 Å². The van der Waals surface area contributed by atoms with Crippen molar-refractivity contribution in [3.63, 3.8) is 0 Å². The van der Waals surface area contributed by atoms with E-state index in [1.54, 1.807) is 17.3 Å². The van der Waals surface area contributed by atoms with Gasteiger partial charge in [-0.3, -0.25) is 9.58 Å². The number of nitrogens with zero attached hydrogens (tertiary/aromatic N) is 9. The van der Waals surface area contributed by atoms with Crippen molar-refractivity contribution in [1.82, 2.24) is 39.4 Å². The minimum Gasteiger partial charge on any atom is -0.354 e. The molecular weight excluding hydrogens is 318 g/mol. The van der Waals surface area contributed by atoms with Crippen LogP contribution in [0.25, 0.3) is 5.82 Å². The van der Waals surface area contributed by atoms with E-state index in [1.165, 1.54) is 0 Å². The maximum Gasteiger partial charge on any atom is 0.158 e. The molecule has 3 aromatic rings. The summed E-state index contributed by atoms with van der Waals surface area (Å²) < 4.78 is 3.61. The van der Waals surface area contributed by atoms with Crippen LogP contribution in [0.2, 0.25) is 0 Å². The van der Waals surface area contributed by atoms with Gasteiger partial charge in [0.1, 0.15) is 24.3 Å². The lowest BCUT2D eigenvalue weighted by atomic mass is 10.3. The van der Waals surface area contributed by atoms with E-state index in [2.05, 4.69) is 34.9 Å². The summed E-state index contributed by atoms with van der Waals surface area (Å²) in [6.07, 6.45) is 5.12. The van der Waals surface area contributed by atoms with Crippen molar-refractivity contribution in [3.8, 4) is 5.82 Å². The standard InChI is InChI=1S/C16H21N9/c1-13-3-4-25(21-13)15-9-14(17-11-18-15)24-7-5-23(6-8-24)10-16-19-12-20-22(16)2/h3-4,9,11-12H,5-8,10H2,1-2H3. The second kappa shape index (κ2) is 6.60. The van der Waals surface area contributed by atoms with Crippen LogP contribution >= 0.6 is 0 Å². The monoisotopic (exact) mass is 339 g/mol. The fourth-order valence-corrected chi connectivity index (χ4v) is 2.98. The fraction of sp³-hybridized carbons (Fsp3) is 0.438. The van der Waals surface area contributed by atoms with Crippen molar-refractivity contribution < 1.29 is 0 Å². The fourth-order valence-electron chi connectivity index (χ4n) is 2.98. The molecule has 1 fully saturated rings. The van der Waals surface area contributed by atoms with Crippen LogP contribution in [0.1, 0.15) is 11.5 Å². The molecule has 1 aliphatic rings. The molecule has 9 heteroatoms. The Hall–Kier alpha value is -2.81. The van der Waals surface area contributed by atoms with Crippen LogP contribution in [0, 0.1) is 6.92 Å². The first-order valence-electron chi connectivity index (χ1n) is 8.34. The van der Waals surface area contributed by atoms with Gasteiger partial charge in [-0.05, 0) is 13.0 Å². The number of anilines is 1. The summed E-state index contributed by atoms with van der Waals surface area (Å²) in [5.74, 6) is 2.72. The van der Waals surface area contributed by atoms with Gasteiger partial charge in [-0.25, -0.2) is 19.6 Å². The van der Waals surface area contributed by atoms with Crippen LogP contribution in [0.15, 0.2) is 31.0 Å². The molecule has 4 heterocycles. The van der Waals surface area contributed by atoms with Gasteiger partial charge < -0.3 is 4.90 Å². The third-order valence-corrected chi connectivity index (χ3v) is 4.46. The molecule has 0 bridgehead atoms. The maximum absolute atomic E-state index is 4.44. The van der Waals surface area contributed by atoms with E-state index in [4.69, 9.17) is 0 Å². The Morgan fingerprint density at radius 1 is 1.00 bits per heavy atom. The molecule has 0 saturated carbocycles. The summed E-state index contributed by atoms with van der Waals surface area (Å²) in [7, 11) is 1.93. The number of hydrogen-bond acceptors (Lipinski definition) is 7. The first-order chi connectivity index (χ1) is 12.2. The molecule has 130 valence electrons. The van der Waals surface area contributed by atoms with Gasteiger partial charge in [-0.2, -0.15) is 10.2 Å². The van der Waals surface area contributed by atoms with Gasteiger partial charge in [-0.15, -0.1) is 0 Å². The van der Waals surface area contributed by atoms with Gasteiger partial charge in [0.2, 0.25) is 0 Å². The highest BCUT2D eigenvalue weighted by Crippen LogP contribution is 2.16. The van der Waals surface area contributed by atoms with Crippen LogP contribution in [0.4, 0.5) is 5.82 Å². The van der Waals surface area contributed by atoms with Gasteiger partial charge in [0.15, 0.2) is 5.82 Å². The zero-order chi connectivity index (χ0) is 17.2. The average Bonchev–Trinajstić information content (AvgIpc) is 3.25. The highest BCUT2D eigenvalue weighted by atomic mass is 15.4. The molecule has 1 aliphatic heterocycles. The molecule has 0 aliphatic carbocycles. The Labute approximate surface area is 145 Å². The zero-order valence-corrected chi connectivity index (χ0v) is 14.4. The lowest BCUT2D eigenvalue weighted by Gasteiger charge is -2.35. The van der Waals surface area contributed by atoms with E-state index >= 15 is 0 Å². The van der Waals surface area contributed by atoms with Crippen LogP contribution in [0.5, 0.6) is 0 Å². The molecule has 4 rings (SSSR count). The molecular formula is C16H21N9. The van der Waals surface area contributed by atoms with E-state index in [1.807, 2.05) is 37.0 Å². The van der Waals surface area contributed by atoms with Crippen molar-refractivity contribution in [2.75, 3.05) is 31.1 Å². The number of aromatic nitrogens is 7. The number of piperazine rings is 1. The molecule has 0 aromatic carbocycles. The second-order valence-corrected chi connectivity index (χ2v) is 6.20. The summed E-state index contributed by atoms with van der Waals surface area (Å²) in [5, 5.41) is 8.54. The lowest BCUT2D eigenvalue weighted by molar-refractivity contribution is 0.240. The number of hydrogen-bond donors (Lipinski definition) is 0. The molecule has 9 nitrogen and oxygen atoms in total. The Balaban J connectivity index is 1.41. The van der Waals surface area contributed by atoms with Crippen molar-refractivity contribution in [2.24, 2.45) is 7.05 Å². The SMILES string of the molecule is Cc1ccn(-c2cc(N3CCN(Cc4ncnn4C)CC3)ncn2)n1. The first-order valence-corrected chi connectivity index (χ1v) is 8.34. The van der Waals surface area contributed by atoms with Gasteiger partial charge in [-0.1, -0.05) is 0 Å². The molecule has 0 unspecified atom stereocenters. The smallest absolute Gasteiger partial charge is 0.158 e. The highest BCUT2D eigenvalue weighted by molar-refractivity contribution is 5.43. The molecule has 25 heavy (non-hydrogen) atoms. The largest absolute Gasteiger partial charge is 0.354 e. The minimum atomic E-state index is 0.791. The van der Waals surface area contributed by atoms with Gasteiger partial charge in [0.05, 0.1) is 12.2 Å². The van der Waals surface area contributed by atoms with Crippen molar-refractivity contribution >= 4 is 5.82 Å². The molecule has 0 spiro atoms. The molecule has 1 saturated heterocycles. The van der Waals surface area contributed by atoms with Gasteiger partial charge in [0, 0.05) is 45.5 Å². The summed E-state index contributed by atoms with van der Waals surface area (Å²) in [5.41, 5.74) is 0.970. The number of aryl methyl sites for hydroxylation is 2. The quantitative estimate of drug-likeness (QED) is 0.681. The van der Waals surface area contributed by atoms with Crippen LogP contribution in [0.3, 0.4) is 0 Å². The van der Waals surface area contributed by atoms with Crippen LogP contribution in [-0.2, 0) is 13.6 Å². The average molecular weight is 339 g/mol. The molecule has 0 radical (unpaired) electrons. The second-order valence-electron chi connectivity index (χ2n) is 6.20. The minimum absolute atomic E-state index is 0.791. The van der Waals surface area contributed by atoms with E-state index in [0.717, 1.165) is 55.9 Å². The van der Waals surface area contributed by atoms with Crippen molar-refractivity contribution in [3.05, 3.63) is 42.5 Å². The summed E-state index contributed by atoms with van der Waals surface area (Å²) in [6.45, 7) is 6.57. The first kappa shape index (κ1) is 15.7. The Bertz CT molecular complexity index is 845. The summed E-state index contributed by atoms with van der Waals surface area (Å²) in [4.78, 5) is 17.7. The third kappa shape index (κ3) is 3.36. The van der Waals surface area contributed by atoms with E-state index < -0.39 is 0 Å². The Morgan fingerprint density at radius 2 is 1.80 bits per heavy atom. The van der Waals surface area contributed by atoms with Gasteiger partial charge >= 0.3 is 0 Å². The molecule has 0 N–H and O–H groups in total. The number of rotatable bonds is 4. The zero-order valence-electron chi connectivity index (χ0n) is 14.4. The molecule has 0 atom stereocenters. The van der Waals surface area contributed by atoms with Gasteiger partial charge in [0.25, 0.3) is 0 Å². The van der Waals surface area contributed by atoms with Crippen LogP contribution < -0.4 is 4.90 Å². The predicted molar refractivity (Wildman–Crippen MR) is 92.4 cm³/mol.